The molecule has 1 aromatic rings. The molecule has 23 heavy (non-hydrogen) atoms. The van der Waals surface area contributed by atoms with Gasteiger partial charge < -0.3 is 10.1 Å². The van der Waals surface area contributed by atoms with Crippen LogP contribution in [-0.2, 0) is 9.53 Å². The van der Waals surface area contributed by atoms with Crippen LogP contribution in [0.15, 0.2) is 18.2 Å². The van der Waals surface area contributed by atoms with E-state index in [4.69, 9.17) is 4.74 Å². The second-order valence-corrected chi connectivity index (χ2v) is 5.22. The Morgan fingerprint density at radius 2 is 1.91 bits per heavy atom. The number of hydrogen-bond acceptors (Lipinski definition) is 4. The van der Waals surface area contributed by atoms with Crippen molar-refractivity contribution >= 4 is 11.8 Å². The van der Waals surface area contributed by atoms with E-state index in [2.05, 4.69) is 12.2 Å². The summed E-state index contributed by atoms with van der Waals surface area (Å²) in [4.78, 5) is 24.1. The zero-order valence-corrected chi connectivity index (χ0v) is 13.5. The van der Waals surface area contributed by atoms with E-state index in [9.17, 15) is 18.4 Å². The van der Waals surface area contributed by atoms with Crippen molar-refractivity contribution in [3.8, 4) is 0 Å². The molecule has 0 saturated carbocycles. The summed E-state index contributed by atoms with van der Waals surface area (Å²) in [5.41, 5.74) is 0.0289. The number of hydrogen-bond donors (Lipinski definition) is 1. The third-order valence-electron chi connectivity index (χ3n) is 3.37. The molecule has 0 radical (unpaired) electrons. The molecule has 1 N–H and O–H groups in total. The van der Waals surface area contributed by atoms with Crippen molar-refractivity contribution in [2.45, 2.75) is 45.6 Å². The Hall–Kier alpha value is -1.82. The fraction of sp³-hybridized carbons (Fsp3) is 0.529. The topological polar surface area (TPSA) is 55.4 Å². The summed E-state index contributed by atoms with van der Waals surface area (Å²) in [5, 5.41) is 3.01. The normalized spacial score (nSPS) is 12.0. The van der Waals surface area contributed by atoms with E-state index < -0.39 is 29.4 Å². The second-order valence-electron chi connectivity index (χ2n) is 5.22. The maximum Gasteiger partial charge on any atom is 0.307 e. The van der Waals surface area contributed by atoms with Crippen LogP contribution in [-0.4, -0.2) is 30.9 Å². The van der Waals surface area contributed by atoms with Crippen molar-refractivity contribution < 1.29 is 23.1 Å². The molecular formula is C17H23F2NO3. The Labute approximate surface area is 135 Å². The molecule has 1 rings (SSSR count). The molecule has 1 unspecified atom stereocenters. The van der Waals surface area contributed by atoms with Gasteiger partial charge >= 0.3 is 5.97 Å². The fourth-order valence-corrected chi connectivity index (χ4v) is 2.15. The van der Waals surface area contributed by atoms with E-state index >= 15 is 0 Å². The fourth-order valence-electron chi connectivity index (χ4n) is 2.15. The van der Waals surface area contributed by atoms with Crippen LogP contribution in [0, 0.1) is 11.6 Å². The summed E-state index contributed by atoms with van der Waals surface area (Å²) in [5.74, 6) is -3.05. The van der Waals surface area contributed by atoms with Crippen LogP contribution < -0.4 is 5.32 Å². The summed E-state index contributed by atoms with van der Waals surface area (Å²) in [7, 11) is 0. The molecule has 1 aromatic carbocycles. The van der Waals surface area contributed by atoms with Gasteiger partial charge in [-0.3, -0.25) is 9.59 Å². The molecule has 0 aliphatic carbocycles. The third kappa shape index (κ3) is 6.44. The van der Waals surface area contributed by atoms with Crippen LogP contribution in [0.1, 0.15) is 49.9 Å². The molecular weight excluding hydrogens is 304 g/mol. The van der Waals surface area contributed by atoms with Gasteiger partial charge in [0.15, 0.2) is 17.4 Å². The molecule has 0 aromatic heterocycles. The van der Waals surface area contributed by atoms with Crippen molar-refractivity contribution in [1.82, 2.24) is 5.32 Å². The lowest BCUT2D eigenvalue weighted by molar-refractivity contribution is -0.143. The summed E-state index contributed by atoms with van der Waals surface area (Å²) < 4.78 is 31.1. The van der Waals surface area contributed by atoms with Gasteiger partial charge in [-0.1, -0.05) is 19.8 Å². The first-order valence-corrected chi connectivity index (χ1v) is 7.87. The van der Waals surface area contributed by atoms with Gasteiger partial charge in [0, 0.05) is 5.56 Å². The summed E-state index contributed by atoms with van der Waals surface area (Å²) >= 11 is 0. The van der Waals surface area contributed by atoms with Gasteiger partial charge in [0.05, 0.1) is 19.1 Å². The molecule has 0 heterocycles. The van der Waals surface area contributed by atoms with E-state index in [0.29, 0.717) is 6.54 Å². The number of carbonyl (C=O) groups excluding carboxylic acids is 2. The molecule has 0 saturated heterocycles. The Kier molecular flexibility index (Phi) is 8.40. The predicted octanol–water partition coefficient (Wildman–Crippen LogP) is 3.25. The zero-order chi connectivity index (χ0) is 17.2. The van der Waals surface area contributed by atoms with E-state index in [1.54, 1.807) is 6.92 Å². The van der Waals surface area contributed by atoms with Crippen molar-refractivity contribution in [1.29, 1.82) is 0 Å². The molecule has 0 aliphatic rings. The minimum Gasteiger partial charge on any atom is -0.466 e. The lowest BCUT2D eigenvalue weighted by atomic mass is 10.0. The Balaban J connectivity index is 2.80. The maximum atomic E-state index is 13.3. The molecule has 4 nitrogen and oxygen atoms in total. The van der Waals surface area contributed by atoms with Crippen molar-refractivity contribution in [2.75, 3.05) is 13.2 Å². The summed E-state index contributed by atoms with van der Waals surface area (Å²) in [6.07, 6.45) is 2.75. The number of ketones is 1. The van der Waals surface area contributed by atoms with Crippen LogP contribution in [0.25, 0.3) is 0 Å². The lowest BCUT2D eigenvalue weighted by Crippen LogP contribution is -2.39. The second kappa shape index (κ2) is 10.0. The molecule has 0 bridgehead atoms. The quantitative estimate of drug-likeness (QED) is 0.407. The smallest absolute Gasteiger partial charge is 0.307 e. The highest BCUT2D eigenvalue weighted by Crippen LogP contribution is 2.13. The van der Waals surface area contributed by atoms with Crippen LogP contribution >= 0.6 is 0 Å². The first kappa shape index (κ1) is 19.2. The van der Waals surface area contributed by atoms with Crippen LogP contribution in [0.3, 0.4) is 0 Å². The van der Waals surface area contributed by atoms with Gasteiger partial charge in [-0.15, -0.1) is 0 Å². The average molecular weight is 327 g/mol. The molecule has 128 valence electrons. The van der Waals surface area contributed by atoms with Gasteiger partial charge in [0.25, 0.3) is 0 Å². The Bertz CT molecular complexity index is 535. The predicted molar refractivity (Wildman–Crippen MR) is 83.3 cm³/mol. The molecule has 6 heteroatoms. The Morgan fingerprint density at radius 3 is 2.52 bits per heavy atom. The lowest BCUT2D eigenvalue weighted by Gasteiger charge is -2.17. The maximum absolute atomic E-state index is 13.3. The van der Waals surface area contributed by atoms with E-state index in [1.807, 2.05) is 0 Å². The van der Waals surface area contributed by atoms with Crippen LogP contribution in [0.5, 0.6) is 0 Å². The number of Topliss-reactive ketones (excluding diaryl/α,β-unsaturated/α-hetero) is 1. The largest absolute Gasteiger partial charge is 0.466 e. The standard InChI is InChI=1S/C17H23F2NO3/c1-3-5-6-9-20-15(11-16(21)23-4-2)17(22)12-7-8-13(18)14(19)10-12/h7-8,10,15,20H,3-6,9,11H2,1-2H3. The zero-order valence-electron chi connectivity index (χ0n) is 13.5. The van der Waals surface area contributed by atoms with E-state index in [0.717, 1.165) is 31.4 Å². The van der Waals surface area contributed by atoms with Gasteiger partial charge in [-0.25, -0.2) is 8.78 Å². The van der Waals surface area contributed by atoms with Gasteiger partial charge in [-0.2, -0.15) is 0 Å². The number of esters is 1. The summed E-state index contributed by atoms with van der Waals surface area (Å²) in [6, 6.07) is 2.16. The Morgan fingerprint density at radius 1 is 1.17 bits per heavy atom. The molecule has 0 aliphatic heterocycles. The minimum absolute atomic E-state index is 0.0289. The molecule has 0 spiro atoms. The van der Waals surface area contributed by atoms with Crippen molar-refractivity contribution in [3.63, 3.8) is 0 Å². The molecule has 0 fully saturated rings. The monoisotopic (exact) mass is 327 g/mol. The van der Waals surface area contributed by atoms with Gasteiger partial charge in [0.1, 0.15) is 0 Å². The number of ether oxygens (including phenoxy) is 1. The number of benzene rings is 1. The SMILES string of the molecule is CCCCCNC(CC(=O)OCC)C(=O)c1ccc(F)c(F)c1. The van der Waals surface area contributed by atoms with Gasteiger partial charge in [-0.05, 0) is 38.1 Å². The number of rotatable bonds is 10. The first-order valence-electron chi connectivity index (χ1n) is 7.87. The highest BCUT2D eigenvalue weighted by molar-refractivity contribution is 6.01. The van der Waals surface area contributed by atoms with Crippen molar-refractivity contribution in [2.24, 2.45) is 0 Å². The van der Waals surface area contributed by atoms with E-state index in [1.165, 1.54) is 6.07 Å². The molecule has 1 atom stereocenters. The van der Waals surface area contributed by atoms with Crippen LogP contribution in [0.4, 0.5) is 8.78 Å². The number of unbranched alkanes of at least 4 members (excludes halogenated alkanes) is 2. The van der Waals surface area contributed by atoms with Gasteiger partial charge in [0.2, 0.25) is 0 Å². The highest BCUT2D eigenvalue weighted by atomic mass is 19.2. The average Bonchev–Trinajstić information content (AvgIpc) is 2.52. The summed E-state index contributed by atoms with van der Waals surface area (Å²) in [6.45, 7) is 4.52. The van der Waals surface area contributed by atoms with E-state index in [-0.39, 0.29) is 18.6 Å². The van der Waals surface area contributed by atoms with Crippen LogP contribution in [0.2, 0.25) is 0 Å². The van der Waals surface area contributed by atoms with Crippen molar-refractivity contribution in [3.05, 3.63) is 35.4 Å². The highest BCUT2D eigenvalue weighted by Gasteiger charge is 2.24. The first-order chi connectivity index (χ1) is 11.0. The molecule has 0 amide bonds. The number of carbonyl (C=O) groups is 2. The number of nitrogens with one attached hydrogen (secondary N) is 1. The minimum atomic E-state index is -1.09. The third-order valence-corrected chi connectivity index (χ3v) is 3.37. The number of halogens is 2.